The molecular weight excluding hydrogens is 945 g/mol. The minimum atomic E-state index is -4.04. The van der Waals surface area contributed by atoms with E-state index < -0.39 is 44.1 Å². The normalized spacial score (nSPS) is 17.9. The van der Waals surface area contributed by atoms with Crippen molar-refractivity contribution in [2.45, 2.75) is 49.6 Å². The van der Waals surface area contributed by atoms with Gasteiger partial charge in [-0.15, -0.1) is 0 Å². The minimum absolute atomic E-state index is 0.139. The second kappa shape index (κ2) is 20.6. The van der Waals surface area contributed by atoms with Crippen LogP contribution in [0.25, 0.3) is 23.5 Å². The molecule has 6 aromatic rings. The van der Waals surface area contributed by atoms with Gasteiger partial charge in [-0.25, -0.2) is 35.0 Å². The van der Waals surface area contributed by atoms with Gasteiger partial charge in [-0.2, -0.15) is 0 Å². The number of aryl methyl sites for hydroxylation is 2. The van der Waals surface area contributed by atoms with Crippen LogP contribution in [0.1, 0.15) is 47.2 Å². The lowest BCUT2D eigenvalue weighted by atomic mass is 9.96. The molecule has 0 radical (unpaired) electrons. The summed E-state index contributed by atoms with van der Waals surface area (Å²) < 4.78 is 68.8. The largest absolute Gasteiger partial charge is 0.463 e. The number of sulfonamides is 2. The molecule has 0 unspecified atom stereocenters. The van der Waals surface area contributed by atoms with Crippen molar-refractivity contribution < 1.29 is 35.9 Å². The van der Waals surface area contributed by atoms with Crippen LogP contribution in [-0.2, 0) is 39.1 Å². The molecule has 0 saturated carbocycles. The average molecular weight is 997 g/mol. The first-order valence-corrected chi connectivity index (χ1v) is 26.3. The van der Waals surface area contributed by atoms with E-state index in [0.29, 0.717) is 22.8 Å². The van der Waals surface area contributed by atoms with E-state index in [0.717, 1.165) is 44.8 Å². The first-order chi connectivity index (χ1) is 34.8. The van der Waals surface area contributed by atoms with Crippen LogP contribution in [0.15, 0.2) is 216 Å². The van der Waals surface area contributed by atoms with Gasteiger partial charge in [0.1, 0.15) is 0 Å². The van der Waals surface area contributed by atoms with E-state index in [-0.39, 0.29) is 23.0 Å². The molecule has 4 heterocycles. The third-order valence-electron chi connectivity index (χ3n) is 12.4. The van der Waals surface area contributed by atoms with E-state index in [1.54, 1.807) is 74.8 Å². The lowest BCUT2D eigenvalue weighted by molar-refractivity contribution is -0.138. The fraction of sp³-hybridized carbons (Fsp3) is 0.138. The van der Waals surface area contributed by atoms with Crippen molar-refractivity contribution in [1.29, 1.82) is 0 Å². The third-order valence-corrected chi connectivity index (χ3v) is 15.8. The molecule has 0 saturated heterocycles. The fourth-order valence-electron chi connectivity index (χ4n) is 8.95. The number of rotatable bonds is 10. The smallest absolute Gasteiger partial charge is 0.332 e. The predicted octanol–water partition coefficient (Wildman–Crippen LogP) is 10.7. The van der Waals surface area contributed by atoms with Gasteiger partial charge in [-0.05, 0) is 86.3 Å². The summed E-state index contributed by atoms with van der Waals surface area (Å²) in [6.45, 7) is 7.61. The maximum atomic E-state index is 14.0. The standard InChI is InChI=1S/2C29H26N2O4S/c2*1-3-35-29(32)19-27-26-18-15-23-11-7-8-12-25(23)31(26)28(22-9-5-4-6-10-22)20-30(27)36(33,34)24-16-13-21(2)14-17-24/h2*4-20,26H,3H2,1-2H3/b2*27-19+/t2*26-/m10/s1. The quantitative estimate of drug-likeness (QED) is 0.0964. The van der Waals surface area contributed by atoms with Gasteiger partial charge in [0.25, 0.3) is 20.0 Å². The monoisotopic (exact) mass is 996 g/mol. The van der Waals surface area contributed by atoms with E-state index in [4.69, 9.17) is 9.47 Å². The highest BCUT2D eigenvalue weighted by atomic mass is 32.2. The summed E-state index contributed by atoms with van der Waals surface area (Å²) in [5.41, 5.74) is 9.44. The molecule has 364 valence electrons. The number of carbonyl (C=O) groups excluding carboxylic acids is 2. The molecule has 0 aliphatic carbocycles. The second-order valence-electron chi connectivity index (χ2n) is 17.1. The summed E-state index contributed by atoms with van der Waals surface area (Å²) in [7, 11) is -8.07. The van der Waals surface area contributed by atoms with Crippen LogP contribution in [0.2, 0.25) is 0 Å². The Morgan fingerprint density at radius 1 is 0.486 bits per heavy atom. The first-order valence-electron chi connectivity index (χ1n) is 23.5. The number of ether oxygens (including phenoxy) is 2. The fourth-order valence-corrected chi connectivity index (χ4v) is 11.7. The number of hydrogen-bond acceptors (Lipinski definition) is 10. The molecule has 2 atom stereocenters. The van der Waals surface area contributed by atoms with Crippen LogP contribution >= 0.6 is 0 Å². The summed E-state index contributed by atoms with van der Waals surface area (Å²) in [6.07, 6.45) is 13.5. The topological polar surface area (TPSA) is 134 Å². The molecule has 0 amide bonds. The molecule has 6 aromatic carbocycles. The highest BCUT2D eigenvalue weighted by Gasteiger charge is 2.42. The van der Waals surface area contributed by atoms with E-state index in [9.17, 15) is 26.4 Å². The Hall–Kier alpha value is -8.20. The number of esters is 2. The Bertz CT molecular complexity index is 3210. The third kappa shape index (κ3) is 9.66. The molecule has 0 bridgehead atoms. The number of carbonyl (C=O) groups is 2. The van der Waals surface area contributed by atoms with Gasteiger partial charge in [0.05, 0.1) is 57.9 Å². The Balaban J connectivity index is 0.000000178. The number of benzene rings is 6. The molecule has 4 aliphatic rings. The van der Waals surface area contributed by atoms with Gasteiger partial charge in [0.15, 0.2) is 0 Å². The lowest BCUT2D eigenvalue weighted by Crippen LogP contribution is -2.47. The molecule has 0 spiro atoms. The predicted molar refractivity (Wildman–Crippen MR) is 282 cm³/mol. The van der Waals surface area contributed by atoms with E-state index >= 15 is 0 Å². The molecule has 0 aromatic heterocycles. The average Bonchev–Trinajstić information content (AvgIpc) is 3.39. The van der Waals surface area contributed by atoms with Crippen molar-refractivity contribution in [3.63, 3.8) is 0 Å². The number of anilines is 2. The van der Waals surface area contributed by atoms with Crippen LogP contribution in [0.4, 0.5) is 11.4 Å². The lowest BCUT2D eigenvalue weighted by Gasteiger charge is -2.45. The van der Waals surface area contributed by atoms with Gasteiger partial charge in [0.2, 0.25) is 0 Å². The molecule has 0 fully saturated rings. The molecule has 4 aliphatic heterocycles. The summed E-state index contributed by atoms with van der Waals surface area (Å²) in [6, 6.07) is 47.4. The SMILES string of the molecule is CCOC(=O)/C=C1\[C@@H]2C=Cc3ccccc3N2C(c2ccccc2)=CN1S(=O)(=O)c1ccc(C)cc1.CCOC(=O)/C=C1\[C@H]2C=Cc3ccccc3N2C(c2ccccc2)=CN1S(=O)(=O)c1ccc(C)cc1. The molecule has 14 heteroatoms. The highest BCUT2D eigenvalue weighted by molar-refractivity contribution is 7.89. The van der Waals surface area contributed by atoms with Crippen LogP contribution < -0.4 is 9.80 Å². The van der Waals surface area contributed by atoms with Crippen LogP contribution in [0, 0.1) is 13.8 Å². The molecule has 72 heavy (non-hydrogen) atoms. The highest BCUT2D eigenvalue weighted by Crippen LogP contribution is 2.45. The van der Waals surface area contributed by atoms with Crippen molar-refractivity contribution in [1.82, 2.24) is 8.61 Å². The number of fused-ring (bicyclic) bond motifs is 6. The minimum Gasteiger partial charge on any atom is -0.463 e. The van der Waals surface area contributed by atoms with Crippen molar-refractivity contribution >= 4 is 66.9 Å². The Morgan fingerprint density at radius 3 is 1.19 bits per heavy atom. The van der Waals surface area contributed by atoms with Crippen LogP contribution in [0.5, 0.6) is 0 Å². The molecule has 10 rings (SSSR count). The first kappa shape index (κ1) is 48.8. The van der Waals surface area contributed by atoms with E-state index in [2.05, 4.69) is 9.80 Å². The van der Waals surface area contributed by atoms with Gasteiger partial charge in [0, 0.05) is 35.9 Å². The Labute approximate surface area is 421 Å². The van der Waals surface area contributed by atoms with Gasteiger partial charge < -0.3 is 19.3 Å². The number of hydrogen-bond donors (Lipinski definition) is 0. The molecule has 0 N–H and O–H groups in total. The molecule has 12 nitrogen and oxygen atoms in total. The summed E-state index contributed by atoms with van der Waals surface area (Å²) >= 11 is 0. The zero-order valence-corrected chi connectivity index (χ0v) is 41.7. The van der Waals surface area contributed by atoms with E-state index in [1.807, 2.05) is 147 Å². The maximum absolute atomic E-state index is 14.0. The van der Waals surface area contributed by atoms with Crippen molar-refractivity contribution in [2.24, 2.45) is 0 Å². The summed E-state index contributed by atoms with van der Waals surface area (Å²) in [5, 5.41) is 0. The number of nitrogens with zero attached hydrogens (tertiary/aromatic N) is 4. The zero-order valence-electron chi connectivity index (χ0n) is 40.1. The molecular formula is C58H52N4O8S2. The second-order valence-corrected chi connectivity index (χ2v) is 20.7. The van der Waals surface area contributed by atoms with Crippen molar-refractivity contribution in [2.75, 3.05) is 23.0 Å². The Morgan fingerprint density at radius 2 is 0.833 bits per heavy atom. The summed E-state index contributed by atoms with van der Waals surface area (Å²) in [4.78, 5) is 29.7. The van der Waals surface area contributed by atoms with Gasteiger partial charge >= 0.3 is 11.9 Å². The van der Waals surface area contributed by atoms with Gasteiger partial charge in [-0.3, -0.25) is 0 Å². The zero-order chi connectivity index (χ0) is 50.6. The van der Waals surface area contributed by atoms with Crippen molar-refractivity contribution in [3.8, 4) is 0 Å². The van der Waals surface area contributed by atoms with Gasteiger partial charge in [-0.1, -0.05) is 157 Å². The van der Waals surface area contributed by atoms with Crippen LogP contribution in [0.3, 0.4) is 0 Å². The van der Waals surface area contributed by atoms with Crippen LogP contribution in [-0.4, -0.2) is 62.7 Å². The summed E-state index contributed by atoms with van der Waals surface area (Å²) in [5.74, 6) is -1.19. The maximum Gasteiger partial charge on any atom is 0.332 e. The Kier molecular flexibility index (Phi) is 14.0. The van der Waals surface area contributed by atoms with Crippen molar-refractivity contribution in [3.05, 3.63) is 239 Å². The van der Waals surface area contributed by atoms with E-state index in [1.165, 1.54) is 20.8 Å². The number of para-hydroxylation sites is 2.